The lowest BCUT2D eigenvalue weighted by Gasteiger charge is -2.12. The van der Waals surface area contributed by atoms with Crippen molar-refractivity contribution in [1.29, 1.82) is 0 Å². The van der Waals surface area contributed by atoms with Crippen LogP contribution in [0.4, 0.5) is 0 Å². The first-order valence-corrected chi connectivity index (χ1v) is 20.3. The van der Waals surface area contributed by atoms with Gasteiger partial charge >= 0.3 is 0 Å². The minimum Gasteiger partial charge on any atom is -0.278 e. The van der Waals surface area contributed by atoms with Crippen LogP contribution in [0.2, 0.25) is 0 Å². The van der Waals surface area contributed by atoms with Gasteiger partial charge in [-0.15, -0.1) is 22.7 Å². The third-order valence-electron chi connectivity index (χ3n) is 12.1. The molecule has 0 bridgehead atoms. The highest BCUT2D eigenvalue weighted by atomic mass is 32.1. The van der Waals surface area contributed by atoms with Gasteiger partial charge in [0.2, 0.25) is 5.95 Å². The van der Waals surface area contributed by atoms with Gasteiger partial charge in [0.25, 0.3) is 0 Å². The average molecular weight is 732 g/mol. The Morgan fingerprint density at radius 2 is 0.945 bits per heavy atom. The van der Waals surface area contributed by atoms with E-state index in [1.807, 2.05) is 11.3 Å². The molecule has 4 aromatic heterocycles. The van der Waals surface area contributed by atoms with E-state index in [-0.39, 0.29) is 0 Å². The van der Waals surface area contributed by atoms with Gasteiger partial charge < -0.3 is 0 Å². The highest BCUT2D eigenvalue weighted by Crippen LogP contribution is 2.51. The maximum absolute atomic E-state index is 5.72. The summed E-state index contributed by atoms with van der Waals surface area (Å²) < 4.78 is 7.27. The van der Waals surface area contributed by atoms with Gasteiger partial charge in [-0.1, -0.05) is 121 Å². The van der Waals surface area contributed by atoms with Crippen molar-refractivity contribution in [1.82, 2.24) is 14.5 Å². The summed E-state index contributed by atoms with van der Waals surface area (Å²) in [5.41, 5.74) is 5.39. The Labute approximate surface area is 320 Å². The number of fused-ring (bicyclic) bond motifs is 12. The van der Waals surface area contributed by atoms with Crippen LogP contribution in [0.5, 0.6) is 0 Å². The summed E-state index contributed by atoms with van der Waals surface area (Å²) in [5.74, 6) is 0.698. The van der Waals surface area contributed by atoms with Crippen LogP contribution in [-0.4, -0.2) is 14.5 Å². The molecule has 3 nitrogen and oxygen atoms in total. The predicted octanol–water partition coefficient (Wildman–Crippen LogP) is 14.6. The maximum Gasteiger partial charge on any atom is 0.235 e. The summed E-state index contributed by atoms with van der Waals surface area (Å²) in [7, 11) is 0. The van der Waals surface area contributed by atoms with Crippen LogP contribution < -0.4 is 0 Å². The second-order valence-corrected chi connectivity index (χ2v) is 16.9. The molecule has 4 heterocycles. The first-order chi connectivity index (χ1) is 27.3. The molecule has 14 rings (SSSR count). The Balaban J connectivity index is 1.23. The summed E-state index contributed by atoms with van der Waals surface area (Å²) in [6, 6.07) is 55.9. The van der Waals surface area contributed by atoms with E-state index in [0.717, 1.165) is 37.9 Å². The highest BCUT2D eigenvalue weighted by Gasteiger charge is 2.27. The van der Waals surface area contributed by atoms with E-state index in [4.69, 9.17) is 9.97 Å². The van der Waals surface area contributed by atoms with E-state index < -0.39 is 0 Å². The number of benzene rings is 8. The molecule has 0 aliphatic heterocycles. The minimum absolute atomic E-state index is 0.698. The first kappa shape index (κ1) is 28.8. The third-order valence-corrected chi connectivity index (χ3v) is 14.4. The molecular formula is C50H25N3S2. The van der Waals surface area contributed by atoms with Crippen LogP contribution in [0.25, 0.3) is 133 Å². The Morgan fingerprint density at radius 3 is 1.71 bits per heavy atom. The maximum atomic E-state index is 5.72. The molecule has 0 N–H and O–H groups in total. The molecule has 0 amide bonds. The zero-order valence-corrected chi connectivity index (χ0v) is 30.7. The zero-order chi connectivity index (χ0) is 35.5. The smallest absolute Gasteiger partial charge is 0.235 e. The third kappa shape index (κ3) is 3.52. The molecule has 55 heavy (non-hydrogen) atoms. The summed E-state index contributed by atoms with van der Waals surface area (Å²) >= 11 is 3.64. The Hall–Kier alpha value is -6.66. The lowest BCUT2D eigenvalue weighted by atomic mass is 9.97. The van der Waals surface area contributed by atoms with Gasteiger partial charge in [-0.3, -0.25) is 4.57 Å². The average Bonchev–Trinajstić information content (AvgIpc) is 3.97. The molecule has 0 fully saturated rings. The largest absolute Gasteiger partial charge is 0.278 e. The number of thiophene rings is 2. The summed E-state index contributed by atoms with van der Waals surface area (Å²) in [6.07, 6.45) is 0. The van der Waals surface area contributed by atoms with E-state index in [1.165, 1.54) is 89.5 Å². The quantitative estimate of drug-likeness (QED) is 0.177. The number of rotatable bonds is 2. The van der Waals surface area contributed by atoms with Crippen molar-refractivity contribution in [3.8, 4) is 17.2 Å². The zero-order valence-electron chi connectivity index (χ0n) is 29.1. The molecule has 5 heteroatoms. The molecule has 0 aliphatic carbocycles. The van der Waals surface area contributed by atoms with E-state index in [1.54, 1.807) is 11.3 Å². The molecule has 10 aromatic carbocycles. The van der Waals surface area contributed by atoms with Crippen molar-refractivity contribution >= 4 is 139 Å². The van der Waals surface area contributed by atoms with Crippen molar-refractivity contribution < 1.29 is 0 Å². The second-order valence-electron chi connectivity index (χ2n) is 14.8. The molecule has 0 radical (unpaired) electrons. The van der Waals surface area contributed by atoms with Crippen LogP contribution in [0, 0.1) is 0 Å². The van der Waals surface area contributed by atoms with Crippen molar-refractivity contribution in [2.75, 3.05) is 0 Å². The molecule has 0 saturated heterocycles. The lowest BCUT2D eigenvalue weighted by molar-refractivity contribution is 1.02. The van der Waals surface area contributed by atoms with Gasteiger partial charge in [0.05, 0.1) is 26.9 Å². The van der Waals surface area contributed by atoms with Gasteiger partial charge in [-0.2, -0.15) is 0 Å². The monoisotopic (exact) mass is 731 g/mol. The predicted molar refractivity (Wildman–Crippen MR) is 237 cm³/mol. The van der Waals surface area contributed by atoms with Gasteiger partial charge in [0, 0.05) is 52.0 Å². The molecule has 252 valence electrons. The van der Waals surface area contributed by atoms with Crippen molar-refractivity contribution in [3.05, 3.63) is 152 Å². The molecule has 0 spiro atoms. The molecule has 0 saturated carbocycles. The van der Waals surface area contributed by atoms with E-state index >= 15 is 0 Å². The van der Waals surface area contributed by atoms with E-state index in [0.29, 0.717) is 5.95 Å². The molecule has 0 unspecified atom stereocenters. The van der Waals surface area contributed by atoms with Crippen molar-refractivity contribution in [3.63, 3.8) is 0 Å². The lowest BCUT2D eigenvalue weighted by Crippen LogP contribution is -2.03. The molecule has 14 aromatic rings. The Bertz CT molecular complexity index is 3960. The minimum atomic E-state index is 0.698. The number of hydrogen-bond donors (Lipinski definition) is 0. The normalized spacial score (nSPS) is 12.7. The number of nitrogens with zero attached hydrogens (tertiary/aromatic N) is 3. The fraction of sp³-hybridized carbons (Fsp3) is 0. The van der Waals surface area contributed by atoms with Crippen molar-refractivity contribution in [2.24, 2.45) is 0 Å². The molecule has 0 aliphatic rings. The van der Waals surface area contributed by atoms with E-state index in [2.05, 4.69) is 156 Å². The fourth-order valence-corrected chi connectivity index (χ4v) is 12.2. The van der Waals surface area contributed by atoms with Gasteiger partial charge in [0.1, 0.15) is 0 Å². The van der Waals surface area contributed by atoms with Gasteiger partial charge in [0.15, 0.2) is 0 Å². The van der Waals surface area contributed by atoms with Crippen molar-refractivity contribution in [2.45, 2.75) is 0 Å². The summed E-state index contributed by atoms with van der Waals surface area (Å²) in [6.45, 7) is 0. The van der Waals surface area contributed by atoms with Crippen LogP contribution in [0.15, 0.2) is 152 Å². The summed E-state index contributed by atoms with van der Waals surface area (Å²) in [4.78, 5) is 11.3. The number of hydrogen-bond acceptors (Lipinski definition) is 4. The van der Waals surface area contributed by atoms with Gasteiger partial charge in [-0.25, -0.2) is 9.97 Å². The highest BCUT2D eigenvalue weighted by molar-refractivity contribution is 7.26. The Morgan fingerprint density at radius 1 is 0.364 bits per heavy atom. The standard InChI is InChI=1S/C50H25N3S2/c1-2-12-27-26(11-1)30-17-9-19-37-44(30)46-38(25-36-29-14-4-3-13-28(29)31-23-24-32(27)45(46)43(31)36)53(37)50-51-47-34-16-6-8-21-40(34)55-49(47)48(52-50)35-18-10-22-41-42(35)33-15-5-7-20-39(33)54-41/h1-25H. The van der Waals surface area contributed by atoms with Crippen LogP contribution in [-0.2, 0) is 0 Å². The number of aromatic nitrogens is 3. The summed E-state index contributed by atoms with van der Waals surface area (Å²) in [5, 5.41) is 19.1. The second kappa shape index (κ2) is 10.1. The molecular weight excluding hydrogens is 707 g/mol. The molecule has 0 atom stereocenters. The topological polar surface area (TPSA) is 30.7 Å². The van der Waals surface area contributed by atoms with Crippen LogP contribution in [0.3, 0.4) is 0 Å². The van der Waals surface area contributed by atoms with E-state index in [9.17, 15) is 0 Å². The fourth-order valence-electron chi connectivity index (χ4n) is 9.94. The van der Waals surface area contributed by atoms with Crippen LogP contribution >= 0.6 is 22.7 Å². The van der Waals surface area contributed by atoms with Gasteiger partial charge in [-0.05, 0) is 78.8 Å². The SMILES string of the molecule is c1ccc2c(c1)sc1c(-c3cccc4sc5ccccc5c34)nc(-n3c4cccc5c6ccccc6c6ccc7c8ccccc8c8cc3c(c6c78)c54)nc12. The Kier molecular flexibility index (Phi) is 5.29. The first-order valence-electron chi connectivity index (χ1n) is 18.7. The van der Waals surface area contributed by atoms with Crippen LogP contribution in [0.1, 0.15) is 0 Å².